The minimum Gasteiger partial charge on any atom is -0.466 e. The molecule has 0 aromatic carbocycles. The van der Waals surface area contributed by atoms with E-state index in [1.165, 1.54) is 10.8 Å². The third-order valence-electron chi connectivity index (χ3n) is 4.38. The van der Waals surface area contributed by atoms with Crippen molar-refractivity contribution in [1.29, 1.82) is 0 Å². The highest BCUT2D eigenvalue weighted by Crippen LogP contribution is 2.37. The van der Waals surface area contributed by atoms with Gasteiger partial charge in [0.2, 0.25) is 5.95 Å². The lowest BCUT2D eigenvalue weighted by atomic mass is 10.2. The summed E-state index contributed by atoms with van der Waals surface area (Å²) >= 11 is 0. The second-order valence-corrected chi connectivity index (χ2v) is 7.06. The number of anilines is 1. The standard InChI is InChI=1S/C18H25N5O5/c1-5-26-12(24)7-6-8-23-16(25)13-15(22-17(23)19)20-9-11(21-13)14-10(2)27-18(3,4)28-14/h9-10,14H,5-8H2,1-4H3,(H2,19,20,22). The Hall–Kier alpha value is -2.59. The maximum atomic E-state index is 12.9. The molecule has 1 aliphatic heterocycles. The van der Waals surface area contributed by atoms with Crippen LogP contribution in [-0.4, -0.2) is 44.0 Å². The number of rotatable bonds is 6. The Morgan fingerprint density at radius 3 is 2.75 bits per heavy atom. The van der Waals surface area contributed by atoms with E-state index in [9.17, 15) is 9.59 Å². The van der Waals surface area contributed by atoms with Crippen LogP contribution in [0.25, 0.3) is 11.2 Å². The highest BCUT2D eigenvalue weighted by Gasteiger charge is 2.40. The molecule has 10 nitrogen and oxygen atoms in total. The first-order chi connectivity index (χ1) is 13.2. The molecule has 10 heteroatoms. The number of nitrogens with zero attached hydrogens (tertiary/aromatic N) is 4. The monoisotopic (exact) mass is 391 g/mol. The smallest absolute Gasteiger partial charge is 0.305 e. The zero-order valence-electron chi connectivity index (χ0n) is 16.5. The van der Waals surface area contributed by atoms with Gasteiger partial charge in [-0.25, -0.2) is 9.97 Å². The average Bonchev–Trinajstić information content (AvgIpc) is 2.90. The van der Waals surface area contributed by atoms with Gasteiger partial charge in [0.1, 0.15) is 6.10 Å². The Bertz CT molecular complexity index is 942. The van der Waals surface area contributed by atoms with E-state index in [-0.39, 0.29) is 42.2 Å². The van der Waals surface area contributed by atoms with Crippen LogP contribution in [0.5, 0.6) is 0 Å². The molecule has 1 fully saturated rings. The number of hydrogen-bond acceptors (Lipinski definition) is 9. The van der Waals surface area contributed by atoms with Crippen LogP contribution < -0.4 is 11.3 Å². The van der Waals surface area contributed by atoms with Crippen molar-refractivity contribution in [3.8, 4) is 0 Å². The Balaban J connectivity index is 1.88. The number of carbonyl (C=O) groups is 1. The van der Waals surface area contributed by atoms with Gasteiger partial charge in [-0.1, -0.05) is 0 Å². The Kier molecular flexibility index (Phi) is 5.61. The van der Waals surface area contributed by atoms with Crippen molar-refractivity contribution in [3.63, 3.8) is 0 Å². The maximum absolute atomic E-state index is 12.9. The van der Waals surface area contributed by atoms with E-state index in [1.807, 2.05) is 20.8 Å². The SMILES string of the molecule is CCOC(=O)CCCn1c(N)nc2ncc(C3OC(C)(C)OC3C)nc2c1=O. The topological polar surface area (TPSA) is 131 Å². The highest BCUT2D eigenvalue weighted by atomic mass is 16.7. The summed E-state index contributed by atoms with van der Waals surface area (Å²) in [5.74, 6) is -1.04. The van der Waals surface area contributed by atoms with E-state index < -0.39 is 17.5 Å². The molecule has 2 atom stereocenters. The predicted octanol–water partition coefficient (Wildman–Crippen LogP) is 1.32. The van der Waals surface area contributed by atoms with Crippen LogP contribution in [0.1, 0.15) is 52.3 Å². The van der Waals surface area contributed by atoms with Gasteiger partial charge in [-0.3, -0.25) is 14.2 Å². The van der Waals surface area contributed by atoms with Crippen LogP contribution in [0, 0.1) is 0 Å². The number of esters is 1. The molecule has 0 amide bonds. The van der Waals surface area contributed by atoms with Crippen LogP contribution in [0.2, 0.25) is 0 Å². The van der Waals surface area contributed by atoms with Crippen molar-refractivity contribution in [1.82, 2.24) is 19.5 Å². The normalized spacial score (nSPS) is 21.1. The minimum atomic E-state index is -0.743. The van der Waals surface area contributed by atoms with Crippen LogP contribution >= 0.6 is 0 Å². The van der Waals surface area contributed by atoms with Gasteiger partial charge in [-0.15, -0.1) is 0 Å². The van der Waals surface area contributed by atoms with E-state index >= 15 is 0 Å². The molecule has 2 unspecified atom stereocenters. The molecule has 0 bridgehead atoms. The summed E-state index contributed by atoms with van der Waals surface area (Å²) in [5, 5.41) is 0. The molecule has 2 aromatic heterocycles. The zero-order chi connectivity index (χ0) is 20.5. The average molecular weight is 391 g/mol. The molecule has 2 N–H and O–H groups in total. The number of fused-ring (bicyclic) bond motifs is 1. The quantitative estimate of drug-likeness (QED) is 0.724. The maximum Gasteiger partial charge on any atom is 0.305 e. The molecular formula is C18H25N5O5. The molecule has 152 valence electrons. The van der Waals surface area contributed by atoms with E-state index in [1.54, 1.807) is 6.92 Å². The number of hydrogen-bond donors (Lipinski definition) is 1. The second kappa shape index (κ2) is 7.80. The molecule has 0 spiro atoms. The Morgan fingerprint density at radius 1 is 1.36 bits per heavy atom. The van der Waals surface area contributed by atoms with Crippen LogP contribution in [0.4, 0.5) is 5.95 Å². The molecular weight excluding hydrogens is 366 g/mol. The first-order valence-electron chi connectivity index (χ1n) is 9.26. The summed E-state index contributed by atoms with van der Waals surface area (Å²) in [4.78, 5) is 37.2. The molecule has 1 aliphatic rings. The van der Waals surface area contributed by atoms with Gasteiger partial charge in [-0.2, -0.15) is 4.98 Å². The number of carbonyl (C=O) groups excluding carboxylic acids is 1. The van der Waals surface area contributed by atoms with Gasteiger partial charge in [0.05, 0.1) is 24.6 Å². The fraction of sp³-hybridized carbons (Fsp3) is 0.611. The first kappa shape index (κ1) is 20.2. The molecule has 0 saturated carbocycles. The Morgan fingerprint density at radius 2 is 2.11 bits per heavy atom. The highest BCUT2D eigenvalue weighted by molar-refractivity contribution is 5.70. The Labute approximate surface area is 162 Å². The lowest BCUT2D eigenvalue weighted by molar-refractivity contribution is -0.146. The summed E-state index contributed by atoms with van der Waals surface area (Å²) in [7, 11) is 0. The van der Waals surface area contributed by atoms with Crippen molar-refractivity contribution in [3.05, 3.63) is 22.2 Å². The summed E-state index contributed by atoms with van der Waals surface area (Å²) in [5.41, 5.74) is 6.25. The van der Waals surface area contributed by atoms with Crippen molar-refractivity contribution in [2.24, 2.45) is 0 Å². The summed E-state index contributed by atoms with van der Waals surface area (Å²) < 4.78 is 17.8. The summed E-state index contributed by atoms with van der Waals surface area (Å²) in [6.07, 6.45) is 1.42. The van der Waals surface area contributed by atoms with Gasteiger partial charge < -0.3 is 19.9 Å². The first-order valence-corrected chi connectivity index (χ1v) is 9.26. The predicted molar refractivity (Wildman–Crippen MR) is 100 cm³/mol. The van der Waals surface area contributed by atoms with Crippen molar-refractivity contribution in [2.75, 3.05) is 12.3 Å². The van der Waals surface area contributed by atoms with Crippen molar-refractivity contribution in [2.45, 2.75) is 65.1 Å². The molecule has 3 rings (SSSR count). The van der Waals surface area contributed by atoms with Gasteiger partial charge >= 0.3 is 5.97 Å². The minimum absolute atomic E-state index is 0.0263. The van der Waals surface area contributed by atoms with Crippen LogP contribution in [0.15, 0.2) is 11.0 Å². The van der Waals surface area contributed by atoms with Crippen molar-refractivity contribution < 1.29 is 19.0 Å². The van der Waals surface area contributed by atoms with E-state index in [0.717, 1.165) is 0 Å². The van der Waals surface area contributed by atoms with Crippen LogP contribution in [-0.2, 0) is 25.5 Å². The molecule has 28 heavy (non-hydrogen) atoms. The third-order valence-corrected chi connectivity index (χ3v) is 4.38. The summed E-state index contributed by atoms with van der Waals surface area (Å²) in [6, 6.07) is 0. The van der Waals surface area contributed by atoms with Gasteiger partial charge in [0.25, 0.3) is 5.56 Å². The summed E-state index contributed by atoms with van der Waals surface area (Å²) in [6.45, 7) is 7.79. The van der Waals surface area contributed by atoms with E-state index in [0.29, 0.717) is 18.7 Å². The number of aromatic nitrogens is 4. The largest absolute Gasteiger partial charge is 0.466 e. The second-order valence-electron chi connectivity index (χ2n) is 7.06. The lowest BCUT2D eigenvalue weighted by Gasteiger charge is -2.16. The van der Waals surface area contributed by atoms with Crippen molar-refractivity contribution >= 4 is 23.1 Å². The molecule has 3 heterocycles. The lowest BCUT2D eigenvalue weighted by Crippen LogP contribution is -2.27. The van der Waals surface area contributed by atoms with E-state index in [4.69, 9.17) is 19.9 Å². The fourth-order valence-electron chi connectivity index (χ4n) is 3.23. The van der Waals surface area contributed by atoms with E-state index in [2.05, 4.69) is 15.0 Å². The molecule has 1 saturated heterocycles. The number of nitrogen functional groups attached to an aromatic ring is 1. The zero-order valence-corrected chi connectivity index (χ0v) is 16.5. The third kappa shape index (κ3) is 4.12. The van der Waals surface area contributed by atoms with Gasteiger partial charge in [-0.05, 0) is 34.1 Å². The van der Waals surface area contributed by atoms with Gasteiger partial charge in [0.15, 0.2) is 17.0 Å². The molecule has 0 aliphatic carbocycles. The molecule has 2 aromatic rings. The fourth-order valence-corrected chi connectivity index (χ4v) is 3.23. The van der Waals surface area contributed by atoms with Gasteiger partial charge in [0, 0.05) is 13.0 Å². The van der Waals surface area contributed by atoms with Crippen LogP contribution in [0.3, 0.4) is 0 Å². The molecule has 0 radical (unpaired) electrons. The number of nitrogens with two attached hydrogens (primary N) is 1. The number of ether oxygens (including phenoxy) is 3.